The first-order valence-corrected chi connectivity index (χ1v) is 10.4. The fourth-order valence-corrected chi connectivity index (χ4v) is 4.25. The third-order valence-corrected chi connectivity index (χ3v) is 5.96. The number of amides is 1. The van der Waals surface area contributed by atoms with E-state index in [2.05, 4.69) is 20.4 Å². The van der Waals surface area contributed by atoms with Gasteiger partial charge >= 0.3 is 12.2 Å². The molecule has 0 aliphatic carbocycles. The maximum Gasteiger partial charge on any atom is 0.410 e. The summed E-state index contributed by atoms with van der Waals surface area (Å²) < 4.78 is 46.9. The van der Waals surface area contributed by atoms with Gasteiger partial charge in [0, 0.05) is 43.5 Å². The molecule has 0 bridgehead atoms. The molecule has 1 N–H and O–H groups in total. The SMILES string of the molecule is CC[C@@H]1C[C@H](C(F)(F)F)n2nc([C@H]3CCCN(C(=O)c4cnc(OC)nc4)C3)cc2N1. The highest BCUT2D eigenvalue weighted by atomic mass is 19.4. The Labute approximate surface area is 177 Å². The molecule has 1 saturated heterocycles. The Morgan fingerprint density at radius 3 is 2.71 bits per heavy atom. The van der Waals surface area contributed by atoms with E-state index in [1.54, 1.807) is 11.0 Å². The van der Waals surface area contributed by atoms with Crippen molar-refractivity contribution in [3.05, 3.63) is 29.7 Å². The number of hydrogen-bond donors (Lipinski definition) is 1. The van der Waals surface area contributed by atoms with Gasteiger partial charge in [0.25, 0.3) is 5.91 Å². The summed E-state index contributed by atoms with van der Waals surface area (Å²) in [6, 6.07) is -0.00689. The van der Waals surface area contributed by atoms with Crippen molar-refractivity contribution in [2.24, 2.45) is 0 Å². The number of alkyl halides is 3. The average Bonchev–Trinajstić information content (AvgIpc) is 3.21. The second-order valence-electron chi connectivity index (χ2n) is 7.99. The zero-order valence-electron chi connectivity index (χ0n) is 17.4. The first-order valence-electron chi connectivity index (χ1n) is 10.4. The van der Waals surface area contributed by atoms with Crippen LogP contribution in [-0.2, 0) is 0 Å². The van der Waals surface area contributed by atoms with E-state index in [9.17, 15) is 18.0 Å². The zero-order valence-corrected chi connectivity index (χ0v) is 17.4. The quantitative estimate of drug-likeness (QED) is 0.788. The average molecular weight is 438 g/mol. The van der Waals surface area contributed by atoms with Crippen LogP contribution in [0.2, 0.25) is 0 Å². The Bertz CT molecular complexity index is 930. The fourth-order valence-electron chi connectivity index (χ4n) is 4.25. The number of likely N-dealkylation sites (tertiary alicyclic amines) is 1. The van der Waals surface area contributed by atoms with Gasteiger partial charge in [0.1, 0.15) is 5.82 Å². The third kappa shape index (κ3) is 4.31. The van der Waals surface area contributed by atoms with E-state index < -0.39 is 12.2 Å². The summed E-state index contributed by atoms with van der Waals surface area (Å²) in [6.07, 6.45) is 0.516. The number of nitrogens with zero attached hydrogens (tertiary/aromatic N) is 5. The second-order valence-corrected chi connectivity index (χ2v) is 7.99. The molecule has 2 aliphatic rings. The monoisotopic (exact) mass is 438 g/mol. The third-order valence-electron chi connectivity index (χ3n) is 5.96. The van der Waals surface area contributed by atoms with Crippen molar-refractivity contribution in [1.29, 1.82) is 0 Å². The summed E-state index contributed by atoms with van der Waals surface area (Å²) in [5, 5.41) is 7.51. The Kier molecular flexibility index (Phi) is 5.76. The maximum atomic E-state index is 13.6. The van der Waals surface area contributed by atoms with E-state index >= 15 is 0 Å². The number of carbonyl (C=O) groups is 1. The molecule has 1 amide bonds. The van der Waals surface area contributed by atoms with Gasteiger partial charge < -0.3 is 15.0 Å². The van der Waals surface area contributed by atoms with Crippen LogP contribution in [0.4, 0.5) is 19.0 Å². The molecule has 0 aromatic carbocycles. The molecule has 168 valence electrons. The van der Waals surface area contributed by atoms with E-state index in [0.29, 0.717) is 36.6 Å². The summed E-state index contributed by atoms with van der Waals surface area (Å²) >= 11 is 0. The van der Waals surface area contributed by atoms with Gasteiger partial charge in [-0.3, -0.25) is 4.79 Å². The predicted molar refractivity (Wildman–Crippen MR) is 106 cm³/mol. The molecule has 4 heterocycles. The molecule has 2 aromatic rings. The maximum absolute atomic E-state index is 13.6. The Morgan fingerprint density at radius 1 is 1.32 bits per heavy atom. The van der Waals surface area contributed by atoms with Gasteiger partial charge in [0.15, 0.2) is 6.04 Å². The molecule has 0 saturated carbocycles. The van der Waals surface area contributed by atoms with Crippen LogP contribution >= 0.6 is 0 Å². The molecule has 3 atom stereocenters. The van der Waals surface area contributed by atoms with Crippen molar-refractivity contribution < 1.29 is 22.7 Å². The minimum Gasteiger partial charge on any atom is -0.467 e. The van der Waals surface area contributed by atoms with Crippen molar-refractivity contribution in [2.75, 3.05) is 25.5 Å². The molecular formula is C20H25F3N6O2. The van der Waals surface area contributed by atoms with E-state index in [1.165, 1.54) is 19.5 Å². The zero-order chi connectivity index (χ0) is 22.2. The lowest BCUT2D eigenvalue weighted by Gasteiger charge is -2.33. The topological polar surface area (TPSA) is 85.2 Å². The van der Waals surface area contributed by atoms with Crippen molar-refractivity contribution in [2.45, 2.75) is 56.8 Å². The number of hydrogen-bond acceptors (Lipinski definition) is 6. The second kappa shape index (κ2) is 8.35. The number of halogens is 3. The molecule has 2 aliphatic heterocycles. The smallest absolute Gasteiger partial charge is 0.410 e. The molecule has 0 unspecified atom stereocenters. The number of anilines is 1. The highest BCUT2D eigenvalue weighted by Gasteiger charge is 2.46. The molecule has 11 heteroatoms. The first-order chi connectivity index (χ1) is 14.8. The number of carbonyl (C=O) groups excluding carboxylic acids is 1. The lowest BCUT2D eigenvalue weighted by molar-refractivity contribution is -0.173. The molecule has 8 nitrogen and oxygen atoms in total. The van der Waals surface area contributed by atoms with Gasteiger partial charge in [-0.2, -0.15) is 18.3 Å². The van der Waals surface area contributed by atoms with Crippen LogP contribution in [0.1, 0.15) is 60.6 Å². The number of rotatable bonds is 4. The Balaban J connectivity index is 1.53. The van der Waals surface area contributed by atoms with Crippen molar-refractivity contribution in [3.8, 4) is 6.01 Å². The minimum absolute atomic E-state index is 0.0408. The Morgan fingerprint density at radius 2 is 2.06 bits per heavy atom. The molecular weight excluding hydrogens is 413 g/mol. The van der Waals surface area contributed by atoms with Crippen LogP contribution in [0.25, 0.3) is 0 Å². The normalized spacial score (nSPS) is 23.8. The molecule has 4 rings (SSSR count). The number of ether oxygens (including phenoxy) is 1. The molecule has 1 fully saturated rings. The minimum atomic E-state index is -4.36. The number of nitrogens with one attached hydrogen (secondary N) is 1. The predicted octanol–water partition coefficient (Wildman–Crippen LogP) is 3.40. The van der Waals surface area contributed by atoms with Crippen LogP contribution in [0.5, 0.6) is 6.01 Å². The van der Waals surface area contributed by atoms with Gasteiger partial charge in [0.05, 0.1) is 18.4 Å². The van der Waals surface area contributed by atoms with Crippen molar-refractivity contribution in [3.63, 3.8) is 0 Å². The van der Waals surface area contributed by atoms with Gasteiger partial charge in [0.2, 0.25) is 0 Å². The van der Waals surface area contributed by atoms with Crippen molar-refractivity contribution in [1.82, 2.24) is 24.6 Å². The fraction of sp³-hybridized carbons (Fsp3) is 0.600. The van der Waals surface area contributed by atoms with Crippen LogP contribution in [0.15, 0.2) is 18.5 Å². The highest BCUT2D eigenvalue weighted by Crippen LogP contribution is 2.41. The van der Waals surface area contributed by atoms with Crippen LogP contribution in [-0.4, -0.2) is 63.0 Å². The van der Waals surface area contributed by atoms with E-state index in [4.69, 9.17) is 4.74 Å². The molecule has 2 aromatic heterocycles. The molecule has 31 heavy (non-hydrogen) atoms. The Hall–Kier alpha value is -2.85. The van der Waals surface area contributed by atoms with E-state index in [-0.39, 0.29) is 30.3 Å². The molecule has 0 spiro atoms. The van der Waals surface area contributed by atoms with E-state index in [1.807, 2.05) is 6.92 Å². The number of methoxy groups -OCH3 is 1. The number of aromatic nitrogens is 4. The summed E-state index contributed by atoms with van der Waals surface area (Å²) in [5.41, 5.74) is 0.923. The van der Waals surface area contributed by atoms with Crippen LogP contribution in [0, 0.1) is 0 Å². The van der Waals surface area contributed by atoms with Gasteiger partial charge in [-0.15, -0.1) is 0 Å². The number of fused-ring (bicyclic) bond motifs is 1. The van der Waals surface area contributed by atoms with Gasteiger partial charge in [-0.25, -0.2) is 14.6 Å². The lowest BCUT2D eigenvalue weighted by Crippen LogP contribution is -2.40. The largest absolute Gasteiger partial charge is 0.467 e. The summed E-state index contributed by atoms with van der Waals surface area (Å²) in [7, 11) is 1.44. The summed E-state index contributed by atoms with van der Waals surface area (Å²) in [6.45, 7) is 2.82. The summed E-state index contributed by atoms with van der Waals surface area (Å²) in [4.78, 5) is 22.5. The summed E-state index contributed by atoms with van der Waals surface area (Å²) in [5.74, 6) is 0.0434. The lowest BCUT2D eigenvalue weighted by atomic mass is 9.94. The van der Waals surface area contributed by atoms with E-state index in [0.717, 1.165) is 17.5 Å². The first kappa shape index (κ1) is 21.4. The van der Waals surface area contributed by atoms with Gasteiger partial charge in [-0.1, -0.05) is 6.92 Å². The standard InChI is InChI=1S/C20H25F3N6O2/c1-3-14-7-16(20(21,22)23)29-17(26-14)8-15(27-29)12-5-4-6-28(11-12)18(30)13-9-24-19(31-2)25-10-13/h8-10,12,14,16,26H,3-7,11H2,1-2H3/t12-,14+,16+/m0/s1. The highest BCUT2D eigenvalue weighted by molar-refractivity contribution is 5.93. The number of piperidine rings is 1. The van der Waals surface area contributed by atoms with Gasteiger partial charge in [-0.05, 0) is 25.7 Å². The van der Waals surface area contributed by atoms with Crippen LogP contribution in [0.3, 0.4) is 0 Å². The van der Waals surface area contributed by atoms with Crippen molar-refractivity contribution >= 4 is 11.7 Å². The molecule has 0 radical (unpaired) electrons. The van der Waals surface area contributed by atoms with Crippen LogP contribution < -0.4 is 10.1 Å².